The largest absolute Gasteiger partial charge is 0.213 e. The molecule has 0 saturated carbocycles. The lowest BCUT2D eigenvalue weighted by Gasteiger charge is -2.19. The molecule has 0 aliphatic heterocycles. The molecule has 0 saturated heterocycles. The second kappa shape index (κ2) is 8.24. The predicted octanol–water partition coefficient (Wildman–Crippen LogP) is 7.93. The SMILES string of the molecule is Cc1cc(CC(C)(C)C)ccc1-c1cc(-c2c(C)ccc3c2Cc2ccccc2-3)[n+](C)cc1C. The number of aryl methyl sites for hydroxylation is 4. The number of benzene rings is 3. The number of pyridine rings is 1. The Morgan fingerprint density at radius 3 is 2.21 bits per heavy atom. The van der Waals surface area contributed by atoms with E-state index in [9.17, 15) is 0 Å². The Balaban J connectivity index is 1.65. The summed E-state index contributed by atoms with van der Waals surface area (Å²) in [5, 5.41) is 0. The van der Waals surface area contributed by atoms with Gasteiger partial charge in [-0.2, -0.15) is 0 Å². The Kier molecular flexibility index (Phi) is 5.47. The van der Waals surface area contributed by atoms with Gasteiger partial charge >= 0.3 is 0 Å². The maximum atomic E-state index is 2.42. The van der Waals surface area contributed by atoms with E-state index in [0.717, 1.165) is 12.8 Å². The molecule has 0 atom stereocenters. The van der Waals surface area contributed by atoms with Gasteiger partial charge in [0.1, 0.15) is 7.05 Å². The number of nitrogens with zero attached hydrogens (tertiary/aromatic N) is 1. The molecule has 34 heavy (non-hydrogen) atoms. The molecule has 1 aromatic heterocycles. The van der Waals surface area contributed by atoms with E-state index in [0.29, 0.717) is 5.41 Å². The number of hydrogen-bond acceptors (Lipinski definition) is 0. The summed E-state index contributed by atoms with van der Waals surface area (Å²) in [7, 11) is 2.19. The van der Waals surface area contributed by atoms with Crippen molar-refractivity contribution in [2.24, 2.45) is 12.5 Å². The van der Waals surface area contributed by atoms with E-state index in [1.54, 1.807) is 0 Å². The third kappa shape index (κ3) is 3.98. The second-order valence-electron chi connectivity index (χ2n) is 11.4. The van der Waals surface area contributed by atoms with Crippen molar-refractivity contribution in [3.8, 4) is 33.5 Å². The lowest BCUT2D eigenvalue weighted by Crippen LogP contribution is -2.32. The Morgan fingerprint density at radius 1 is 0.735 bits per heavy atom. The average molecular weight is 447 g/mol. The first-order valence-corrected chi connectivity index (χ1v) is 12.4. The molecule has 5 rings (SSSR count). The van der Waals surface area contributed by atoms with Gasteiger partial charge in [0, 0.05) is 11.6 Å². The van der Waals surface area contributed by atoms with Gasteiger partial charge in [0.2, 0.25) is 5.69 Å². The van der Waals surface area contributed by atoms with Crippen LogP contribution in [0, 0.1) is 26.2 Å². The molecule has 1 heteroatoms. The molecule has 3 aromatic carbocycles. The molecule has 0 spiro atoms. The topological polar surface area (TPSA) is 3.88 Å². The lowest BCUT2D eigenvalue weighted by atomic mass is 9.86. The predicted molar refractivity (Wildman–Crippen MR) is 144 cm³/mol. The number of fused-ring (bicyclic) bond motifs is 3. The summed E-state index contributed by atoms with van der Waals surface area (Å²) in [5.41, 5.74) is 16.7. The molecule has 0 unspecified atom stereocenters. The fraction of sp³-hybridized carbons (Fsp3) is 0.303. The van der Waals surface area contributed by atoms with Crippen molar-refractivity contribution in [2.75, 3.05) is 0 Å². The van der Waals surface area contributed by atoms with E-state index >= 15 is 0 Å². The Morgan fingerprint density at radius 2 is 1.47 bits per heavy atom. The fourth-order valence-corrected chi connectivity index (χ4v) is 5.76. The maximum Gasteiger partial charge on any atom is 0.213 e. The molecule has 0 amide bonds. The molecule has 1 nitrogen and oxygen atoms in total. The molecule has 0 radical (unpaired) electrons. The number of aromatic nitrogens is 1. The van der Waals surface area contributed by atoms with Crippen molar-refractivity contribution >= 4 is 0 Å². The minimum absolute atomic E-state index is 0.292. The monoisotopic (exact) mass is 446 g/mol. The van der Waals surface area contributed by atoms with Gasteiger partial charge in [0.05, 0.1) is 5.56 Å². The van der Waals surface area contributed by atoms with E-state index < -0.39 is 0 Å². The van der Waals surface area contributed by atoms with Crippen LogP contribution in [0.25, 0.3) is 33.5 Å². The molecule has 0 fully saturated rings. The summed E-state index contributed by atoms with van der Waals surface area (Å²) in [5.74, 6) is 0. The third-order valence-electron chi connectivity index (χ3n) is 7.24. The Labute approximate surface area is 205 Å². The van der Waals surface area contributed by atoms with E-state index in [2.05, 4.69) is 120 Å². The maximum absolute atomic E-state index is 2.42. The molecular weight excluding hydrogens is 410 g/mol. The quantitative estimate of drug-likeness (QED) is 0.248. The first-order valence-electron chi connectivity index (χ1n) is 12.4. The van der Waals surface area contributed by atoms with Crippen LogP contribution in [0.2, 0.25) is 0 Å². The Hall–Kier alpha value is -3.19. The highest BCUT2D eigenvalue weighted by Crippen LogP contribution is 2.43. The van der Waals surface area contributed by atoms with Gasteiger partial charge in [-0.1, -0.05) is 75.4 Å². The molecular formula is C33H36N+. The van der Waals surface area contributed by atoms with Crippen LogP contribution in [-0.4, -0.2) is 0 Å². The van der Waals surface area contributed by atoms with E-state index in [-0.39, 0.29) is 0 Å². The van der Waals surface area contributed by atoms with Gasteiger partial charge in [-0.05, 0) is 89.1 Å². The van der Waals surface area contributed by atoms with E-state index in [1.807, 2.05) is 0 Å². The normalized spacial score (nSPS) is 12.6. The zero-order valence-corrected chi connectivity index (χ0v) is 21.7. The number of rotatable bonds is 3. The highest BCUT2D eigenvalue weighted by molar-refractivity contribution is 5.86. The van der Waals surface area contributed by atoms with Crippen LogP contribution in [0.5, 0.6) is 0 Å². The van der Waals surface area contributed by atoms with Gasteiger partial charge in [-0.3, -0.25) is 0 Å². The average Bonchev–Trinajstić information content (AvgIpc) is 3.12. The standard InChI is InChI=1S/C33H36N/c1-21-12-14-28-27-11-9-8-10-25(27)17-30(28)32(21)31-18-29(23(3)20-34(31)7)26-15-13-24(16-22(26)2)19-33(4,5)6/h8-16,18,20H,17,19H2,1-7H3/q+1. The smallest absolute Gasteiger partial charge is 0.201 e. The molecule has 4 aromatic rings. The first kappa shape index (κ1) is 22.6. The first-order chi connectivity index (χ1) is 16.1. The van der Waals surface area contributed by atoms with Crippen LogP contribution in [0.15, 0.2) is 66.9 Å². The van der Waals surface area contributed by atoms with Crippen LogP contribution >= 0.6 is 0 Å². The zero-order valence-electron chi connectivity index (χ0n) is 21.7. The van der Waals surface area contributed by atoms with Crippen molar-refractivity contribution in [3.63, 3.8) is 0 Å². The third-order valence-corrected chi connectivity index (χ3v) is 7.24. The van der Waals surface area contributed by atoms with Crippen molar-refractivity contribution < 1.29 is 4.57 Å². The second-order valence-corrected chi connectivity index (χ2v) is 11.4. The molecule has 0 bridgehead atoms. The Bertz CT molecular complexity index is 1420. The van der Waals surface area contributed by atoms with E-state index in [1.165, 1.54) is 66.9 Å². The van der Waals surface area contributed by atoms with Crippen molar-refractivity contribution in [1.29, 1.82) is 0 Å². The summed E-state index contributed by atoms with van der Waals surface area (Å²) in [6.45, 7) is 13.7. The minimum Gasteiger partial charge on any atom is -0.201 e. The summed E-state index contributed by atoms with van der Waals surface area (Å²) in [4.78, 5) is 0. The van der Waals surface area contributed by atoms with Gasteiger partial charge in [0.15, 0.2) is 6.20 Å². The molecule has 172 valence electrons. The molecule has 1 heterocycles. The van der Waals surface area contributed by atoms with Crippen molar-refractivity contribution in [3.05, 3.63) is 100 Å². The van der Waals surface area contributed by atoms with Crippen molar-refractivity contribution in [1.82, 2.24) is 0 Å². The summed E-state index contributed by atoms with van der Waals surface area (Å²) >= 11 is 0. The van der Waals surface area contributed by atoms with Crippen LogP contribution in [0.1, 0.15) is 54.2 Å². The number of hydrogen-bond donors (Lipinski definition) is 0. The van der Waals surface area contributed by atoms with Crippen LogP contribution in [-0.2, 0) is 19.9 Å². The molecule has 1 aliphatic carbocycles. The summed E-state index contributed by atoms with van der Waals surface area (Å²) < 4.78 is 2.31. The van der Waals surface area contributed by atoms with Gasteiger partial charge in [0.25, 0.3) is 0 Å². The zero-order chi connectivity index (χ0) is 24.2. The summed E-state index contributed by atoms with van der Waals surface area (Å²) in [6, 6.07) is 22.9. The molecule has 0 N–H and O–H groups in total. The van der Waals surface area contributed by atoms with Gasteiger partial charge in [-0.25, -0.2) is 4.57 Å². The van der Waals surface area contributed by atoms with Crippen molar-refractivity contribution in [2.45, 2.75) is 54.4 Å². The van der Waals surface area contributed by atoms with E-state index in [4.69, 9.17) is 0 Å². The van der Waals surface area contributed by atoms with Crippen LogP contribution in [0.4, 0.5) is 0 Å². The lowest BCUT2D eigenvalue weighted by molar-refractivity contribution is -0.660. The van der Waals surface area contributed by atoms with Crippen LogP contribution in [0.3, 0.4) is 0 Å². The fourth-order valence-electron chi connectivity index (χ4n) is 5.76. The minimum atomic E-state index is 0.292. The van der Waals surface area contributed by atoms with Gasteiger partial charge < -0.3 is 0 Å². The van der Waals surface area contributed by atoms with Crippen LogP contribution < -0.4 is 4.57 Å². The summed E-state index contributed by atoms with van der Waals surface area (Å²) in [6.07, 6.45) is 4.40. The molecule has 1 aliphatic rings. The highest BCUT2D eigenvalue weighted by Gasteiger charge is 2.27. The van der Waals surface area contributed by atoms with Gasteiger partial charge in [-0.15, -0.1) is 0 Å². The highest BCUT2D eigenvalue weighted by atomic mass is 14.9.